The number of aryl methyl sites for hydroxylation is 2. The predicted octanol–water partition coefficient (Wildman–Crippen LogP) is 7.56. The Morgan fingerprint density at radius 2 is 1.56 bits per heavy atom. The molecule has 7 rings (SSSR count). The second-order valence-corrected chi connectivity index (χ2v) is 10.5. The molecule has 2 aliphatic heterocycles. The van der Waals surface area contributed by atoms with Gasteiger partial charge < -0.3 is 19.7 Å². The molecule has 3 heterocycles. The second-order valence-electron chi connectivity index (χ2n) is 10.5. The fourth-order valence-corrected chi connectivity index (χ4v) is 5.85. The largest absolute Gasteiger partial charge is 0.493 e. The third-order valence-electron chi connectivity index (χ3n) is 7.99. The van der Waals surface area contributed by atoms with Crippen LogP contribution in [0.15, 0.2) is 107 Å². The molecule has 1 aromatic heterocycles. The van der Waals surface area contributed by atoms with E-state index in [2.05, 4.69) is 53.5 Å². The molecule has 0 unspecified atom stereocenters. The van der Waals surface area contributed by atoms with Crippen molar-refractivity contribution in [1.29, 1.82) is 0 Å². The molecule has 214 valence electrons. The molecule has 8 heteroatoms. The van der Waals surface area contributed by atoms with E-state index in [0.717, 1.165) is 51.8 Å². The van der Waals surface area contributed by atoms with Crippen LogP contribution in [0.3, 0.4) is 0 Å². The van der Waals surface area contributed by atoms with E-state index < -0.39 is 0 Å². The Labute approximate surface area is 251 Å². The van der Waals surface area contributed by atoms with Crippen LogP contribution in [0.5, 0.6) is 11.5 Å². The monoisotopic (exact) mass is 568 g/mol. The zero-order valence-electron chi connectivity index (χ0n) is 24.6. The smallest absolute Gasteiger partial charge is 0.179 e. The van der Waals surface area contributed by atoms with Crippen molar-refractivity contribution in [3.05, 3.63) is 119 Å². The van der Waals surface area contributed by atoms with Gasteiger partial charge in [0, 0.05) is 11.3 Å². The summed E-state index contributed by atoms with van der Waals surface area (Å²) >= 11 is 0. The summed E-state index contributed by atoms with van der Waals surface area (Å²) in [5, 5.41) is 8.61. The molecule has 0 spiro atoms. The Morgan fingerprint density at radius 3 is 2.30 bits per heavy atom. The fourth-order valence-electron chi connectivity index (χ4n) is 5.85. The van der Waals surface area contributed by atoms with Crippen LogP contribution in [0.1, 0.15) is 35.3 Å². The first-order chi connectivity index (χ1) is 21.1. The molecule has 0 bridgehead atoms. The van der Waals surface area contributed by atoms with Crippen molar-refractivity contribution in [3.8, 4) is 17.2 Å². The van der Waals surface area contributed by atoms with Crippen LogP contribution in [0.25, 0.3) is 5.69 Å². The third kappa shape index (κ3) is 4.52. The Hall–Kier alpha value is -5.37. The van der Waals surface area contributed by atoms with Gasteiger partial charge in [0.1, 0.15) is 0 Å². The standard InChI is InChI=1S/C35H32N6O2/c1-5-23-15-18-25(19-16-23)36-33-35-38-34-31(22(2)39-41(34)26-11-7-6-8-12-26)32(24-17-20-29(42-3)30(21-24)43-4)40(35)28-14-10-9-13-27(28)37-33/h6-21,32H,5H2,1-4H3,(H,36,37)/t32-/m1/s1. The average Bonchev–Trinajstić information content (AvgIpc) is 3.40. The molecular formula is C35H32N6O2. The van der Waals surface area contributed by atoms with Crippen molar-refractivity contribution in [2.75, 3.05) is 24.4 Å². The van der Waals surface area contributed by atoms with Gasteiger partial charge in [-0.05, 0) is 73.0 Å². The van der Waals surface area contributed by atoms with Crippen LogP contribution < -0.4 is 19.7 Å². The predicted molar refractivity (Wildman–Crippen MR) is 172 cm³/mol. The van der Waals surface area contributed by atoms with E-state index in [1.54, 1.807) is 14.2 Å². The molecule has 1 N–H and O–H groups in total. The van der Waals surface area contributed by atoms with E-state index in [-0.39, 0.29) is 6.04 Å². The average molecular weight is 569 g/mol. The first-order valence-corrected chi connectivity index (χ1v) is 14.4. The van der Waals surface area contributed by atoms with Crippen LogP contribution >= 0.6 is 0 Å². The van der Waals surface area contributed by atoms with Crippen molar-refractivity contribution in [1.82, 2.24) is 9.78 Å². The molecule has 0 amide bonds. The van der Waals surface area contributed by atoms with Gasteiger partial charge in [0.15, 0.2) is 29.0 Å². The third-order valence-corrected chi connectivity index (χ3v) is 7.99. The number of ether oxygens (including phenoxy) is 2. The molecule has 2 aliphatic rings. The summed E-state index contributed by atoms with van der Waals surface area (Å²) in [7, 11) is 3.31. The zero-order chi connectivity index (χ0) is 29.5. The highest BCUT2D eigenvalue weighted by Crippen LogP contribution is 2.49. The molecule has 0 radical (unpaired) electrons. The lowest BCUT2D eigenvalue weighted by atomic mass is 9.93. The highest BCUT2D eigenvalue weighted by molar-refractivity contribution is 6.51. The molecule has 0 saturated carbocycles. The summed E-state index contributed by atoms with van der Waals surface area (Å²) < 4.78 is 13.3. The molecule has 43 heavy (non-hydrogen) atoms. The minimum absolute atomic E-state index is 0.268. The summed E-state index contributed by atoms with van der Waals surface area (Å²) in [5.41, 5.74) is 7.91. The Balaban J connectivity index is 1.48. The number of amidine groups is 2. The molecule has 4 aromatic carbocycles. The number of benzene rings is 4. The molecule has 1 atom stereocenters. The number of rotatable bonds is 6. The Kier molecular flexibility index (Phi) is 6.66. The van der Waals surface area contributed by atoms with Crippen LogP contribution in [-0.4, -0.2) is 35.7 Å². The van der Waals surface area contributed by atoms with E-state index >= 15 is 0 Å². The molecular weight excluding hydrogens is 536 g/mol. The lowest BCUT2D eigenvalue weighted by Gasteiger charge is -2.40. The quantitative estimate of drug-likeness (QED) is 0.229. The Bertz CT molecular complexity index is 1870. The van der Waals surface area contributed by atoms with Gasteiger partial charge in [-0.2, -0.15) is 5.10 Å². The first kappa shape index (κ1) is 26.5. The van der Waals surface area contributed by atoms with Gasteiger partial charge in [0.25, 0.3) is 0 Å². The topological polar surface area (TPSA) is 76.3 Å². The zero-order valence-corrected chi connectivity index (χ0v) is 24.6. The van der Waals surface area contributed by atoms with E-state index in [1.807, 2.05) is 72.3 Å². The second kappa shape index (κ2) is 10.8. The maximum absolute atomic E-state index is 5.75. The summed E-state index contributed by atoms with van der Waals surface area (Å²) in [6.07, 6.45) is 0.980. The van der Waals surface area contributed by atoms with Gasteiger partial charge in [-0.15, -0.1) is 0 Å². The minimum atomic E-state index is -0.268. The Morgan fingerprint density at radius 1 is 0.814 bits per heavy atom. The number of methoxy groups -OCH3 is 2. The molecule has 0 saturated heterocycles. The van der Waals surface area contributed by atoms with Crippen molar-refractivity contribution in [3.63, 3.8) is 0 Å². The highest BCUT2D eigenvalue weighted by atomic mass is 16.5. The number of hydrogen-bond acceptors (Lipinski definition) is 7. The van der Waals surface area contributed by atoms with Gasteiger partial charge in [-0.3, -0.25) is 0 Å². The molecule has 5 aromatic rings. The van der Waals surface area contributed by atoms with Gasteiger partial charge in [0.2, 0.25) is 0 Å². The van der Waals surface area contributed by atoms with Crippen LogP contribution in [-0.2, 0) is 6.42 Å². The summed E-state index contributed by atoms with van der Waals surface area (Å²) in [5.74, 6) is 3.48. The maximum atomic E-state index is 5.75. The SMILES string of the molecule is CCc1ccc(NC2=Nc3ccccc3N3C2=Nc2c(c(C)nn2-c2ccccc2)[C@H]3c2ccc(OC)c(OC)c2)cc1. The van der Waals surface area contributed by atoms with Gasteiger partial charge in [-0.1, -0.05) is 55.5 Å². The molecule has 0 aliphatic carbocycles. The lowest BCUT2D eigenvalue weighted by Crippen LogP contribution is -2.46. The number of hydrogen-bond donors (Lipinski definition) is 1. The number of nitrogens with one attached hydrogen (secondary N) is 1. The maximum Gasteiger partial charge on any atom is 0.179 e. The molecule has 8 nitrogen and oxygen atoms in total. The molecule has 0 fully saturated rings. The fraction of sp³-hybridized carbons (Fsp3) is 0.171. The van der Waals surface area contributed by atoms with Crippen molar-refractivity contribution in [2.45, 2.75) is 26.3 Å². The van der Waals surface area contributed by atoms with E-state index in [4.69, 9.17) is 24.6 Å². The number of anilines is 2. The van der Waals surface area contributed by atoms with E-state index in [9.17, 15) is 0 Å². The minimum Gasteiger partial charge on any atom is -0.493 e. The highest BCUT2D eigenvalue weighted by Gasteiger charge is 2.41. The van der Waals surface area contributed by atoms with Gasteiger partial charge >= 0.3 is 0 Å². The first-order valence-electron chi connectivity index (χ1n) is 14.4. The van der Waals surface area contributed by atoms with E-state index in [0.29, 0.717) is 23.2 Å². The van der Waals surface area contributed by atoms with Crippen molar-refractivity contribution in [2.24, 2.45) is 9.98 Å². The van der Waals surface area contributed by atoms with Gasteiger partial charge in [0.05, 0.1) is 43.0 Å². The normalized spacial score (nSPS) is 15.1. The summed E-state index contributed by atoms with van der Waals surface area (Å²) in [6.45, 7) is 4.20. The van der Waals surface area contributed by atoms with Crippen LogP contribution in [0.4, 0.5) is 22.9 Å². The van der Waals surface area contributed by atoms with Crippen LogP contribution in [0, 0.1) is 6.92 Å². The number of fused-ring (bicyclic) bond motifs is 4. The summed E-state index contributed by atoms with van der Waals surface area (Å²) in [6, 6.07) is 32.6. The van der Waals surface area contributed by atoms with Crippen LogP contribution in [0.2, 0.25) is 0 Å². The number of nitrogens with zero attached hydrogens (tertiary/aromatic N) is 5. The lowest BCUT2D eigenvalue weighted by molar-refractivity contribution is 0.354. The number of aromatic nitrogens is 2. The van der Waals surface area contributed by atoms with Crippen molar-refractivity contribution >= 4 is 34.6 Å². The summed E-state index contributed by atoms with van der Waals surface area (Å²) in [4.78, 5) is 12.7. The van der Waals surface area contributed by atoms with E-state index in [1.165, 1.54) is 5.56 Å². The van der Waals surface area contributed by atoms with Crippen molar-refractivity contribution < 1.29 is 9.47 Å². The van der Waals surface area contributed by atoms with Gasteiger partial charge in [-0.25, -0.2) is 14.7 Å². The number of para-hydroxylation sites is 3. The number of aliphatic imine (C=N–C) groups is 2.